The van der Waals surface area contributed by atoms with E-state index >= 15 is 0 Å². The molecule has 4 rings (SSSR count). The first-order chi connectivity index (χ1) is 12.2. The minimum absolute atomic E-state index is 0.193. The molecule has 0 aromatic heterocycles. The van der Waals surface area contributed by atoms with Gasteiger partial charge in [0.15, 0.2) is 0 Å². The number of nitrogens with zero attached hydrogens (tertiary/aromatic N) is 1. The Labute approximate surface area is 151 Å². The summed E-state index contributed by atoms with van der Waals surface area (Å²) < 4.78 is 17.1. The number of hydrogen-bond acceptors (Lipinski definition) is 4. The van der Waals surface area contributed by atoms with Gasteiger partial charge in [-0.2, -0.15) is 0 Å². The second-order valence-corrected chi connectivity index (χ2v) is 6.38. The molecule has 0 bridgehead atoms. The van der Waals surface area contributed by atoms with Gasteiger partial charge in [-0.05, 0) is 36.8 Å². The number of benzene rings is 2. The molecule has 0 radical (unpaired) electrons. The zero-order valence-electron chi connectivity index (χ0n) is 13.6. The third kappa shape index (κ3) is 2.88. The second-order valence-electron chi connectivity index (χ2n) is 5.95. The van der Waals surface area contributed by atoms with E-state index in [0.717, 1.165) is 11.4 Å². The van der Waals surface area contributed by atoms with Gasteiger partial charge in [-0.1, -0.05) is 29.8 Å². The third-order valence-electron chi connectivity index (χ3n) is 4.36. The van der Waals surface area contributed by atoms with Crippen LogP contribution in [0.3, 0.4) is 0 Å². The van der Waals surface area contributed by atoms with Gasteiger partial charge in [0.2, 0.25) is 0 Å². The average Bonchev–Trinajstić information content (AvgIpc) is 3.20. The highest BCUT2D eigenvalue weighted by Gasteiger charge is 2.55. The first-order valence-electron chi connectivity index (χ1n) is 8.28. The highest BCUT2D eigenvalue weighted by molar-refractivity contribution is 6.31. The molecule has 2 aliphatic rings. The monoisotopic (exact) mass is 359 g/mol. The molecule has 1 spiro atoms. The standard InChI is InChI=1S/C19H18ClNO4/c20-14-7-8-17-16(13-14)19(24-11-12-25-19)18(22)21(17)9-4-10-23-15-5-2-1-3-6-15/h1-3,5-8,13H,4,9-12H2. The lowest BCUT2D eigenvalue weighted by Gasteiger charge is -2.22. The number of halogens is 1. The fraction of sp³-hybridized carbons (Fsp3) is 0.316. The van der Waals surface area contributed by atoms with Gasteiger partial charge in [0.1, 0.15) is 5.75 Å². The molecule has 25 heavy (non-hydrogen) atoms. The summed E-state index contributed by atoms with van der Waals surface area (Å²) in [4.78, 5) is 14.7. The van der Waals surface area contributed by atoms with Crippen molar-refractivity contribution in [3.05, 3.63) is 59.1 Å². The van der Waals surface area contributed by atoms with Gasteiger partial charge in [0.05, 0.1) is 25.5 Å². The summed E-state index contributed by atoms with van der Waals surface area (Å²) in [5, 5.41) is 0.555. The van der Waals surface area contributed by atoms with Gasteiger partial charge in [-0.25, -0.2) is 0 Å². The van der Waals surface area contributed by atoms with E-state index in [2.05, 4.69) is 0 Å². The summed E-state index contributed by atoms with van der Waals surface area (Å²) in [5.74, 6) is -0.705. The minimum atomic E-state index is -1.33. The molecule has 2 aromatic carbocycles. The maximum Gasteiger partial charge on any atom is 0.292 e. The van der Waals surface area contributed by atoms with Crippen molar-refractivity contribution in [2.75, 3.05) is 31.3 Å². The van der Waals surface area contributed by atoms with E-state index in [0.29, 0.717) is 43.4 Å². The Balaban J connectivity index is 1.48. The molecule has 1 saturated heterocycles. The van der Waals surface area contributed by atoms with E-state index in [-0.39, 0.29) is 5.91 Å². The highest BCUT2D eigenvalue weighted by Crippen LogP contribution is 2.46. The van der Waals surface area contributed by atoms with Gasteiger partial charge >= 0.3 is 0 Å². The number of carbonyl (C=O) groups is 1. The van der Waals surface area contributed by atoms with Crippen molar-refractivity contribution < 1.29 is 19.0 Å². The van der Waals surface area contributed by atoms with Crippen LogP contribution in [-0.4, -0.2) is 32.3 Å². The van der Waals surface area contributed by atoms with Crippen molar-refractivity contribution in [3.63, 3.8) is 0 Å². The third-order valence-corrected chi connectivity index (χ3v) is 4.60. The molecule has 0 saturated carbocycles. The molecular weight excluding hydrogens is 342 g/mol. The maximum absolute atomic E-state index is 13.0. The quantitative estimate of drug-likeness (QED) is 0.768. The van der Waals surface area contributed by atoms with Crippen LogP contribution in [0.1, 0.15) is 12.0 Å². The topological polar surface area (TPSA) is 48.0 Å². The van der Waals surface area contributed by atoms with E-state index in [4.69, 9.17) is 25.8 Å². The number of carbonyl (C=O) groups excluding carboxylic acids is 1. The molecular formula is C19H18ClNO4. The molecule has 0 atom stereocenters. The van der Waals surface area contributed by atoms with Crippen molar-refractivity contribution in [2.24, 2.45) is 0 Å². The van der Waals surface area contributed by atoms with E-state index in [1.54, 1.807) is 17.0 Å². The number of amides is 1. The molecule has 1 amide bonds. The second kappa shape index (κ2) is 6.67. The van der Waals surface area contributed by atoms with Crippen molar-refractivity contribution in [3.8, 4) is 5.75 Å². The molecule has 5 nitrogen and oxygen atoms in total. The first kappa shape index (κ1) is 16.4. The largest absolute Gasteiger partial charge is 0.494 e. The van der Waals surface area contributed by atoms with Gasteiger partial charge in [-0.15, -0.1) is 0 Å². The van der Waals surface area contributed by atoms with Crippen LogP contribution in [0.25, 0.3) is 0 Å². The Morgan fingerprint density at radius 3 is 2.64 bits per heavy atom. The number of anilines is 1. The van der Waals surface area contributed by atoms with Crippen molar-refractivity contribution in [1.82, 2.24) is 0 Å². The predicted molar refractivity (Wildman–Crippen MR) is 93.9 cm³/mol. The van der Waals surface area contributed by atoms with Crippen LogP contribution in [0.15, 0.2) is 48.5 Å². The Bertz CT molecular complexity index is 774. The summed E-state index contributed by atoms with van der Waals surface area (Å²) in [6.45, 7) is 1.82. The van der Waals surface area contributed by atoms with Gasteiger partial charge in [-0.3, -0.25) is 4.79 Å². The van der Waals surface area contributed by atoms with Gasteiger partial charge in [0, 0.05) is 17.1 Å². The van der Waals surface area contributed by atoms with Gasteiger partial charge < -0.3 is 19.1 Å². The molecule has 130 valence electrons. The van der Waals surface area contributed by atoms with E-state index in [1.165, 1.54) is 0 Å². The number of para-hydroxylation sites is 1. The van der Waals surface area contributed by atoms with Crippen LogP contribution in [-0.2, 0) is 20.1 Å². The van der Waals surface area contributed by atoms with E-state index in [1.807, 2.05) is 36.4 Å². The molecule has 6 heteroatoms. The van der Waals surface area contributed by atoms with Crippen molar-refractivity contribution in [1.29, 1.82) is 0 Å². The first-order valence-corrected chi connectivity index (χ1v) is 8.66. The summed E-state index contributed by atoms with van der Waals surface area (Å²) in [7, 11) is 0. The predicted octanol–water partition coefficient (Wildman–Crippen LogP) is 3.36. The molecule has 0 aliphatic carbocycles. The summed E-state index contributed by atoms with van der Waals surface area (Å²) in [6.07, 6.45) is 0.693. The lowest BCUT2D eigenvalue weighted by atomic mass is 10.1. The molecule has 0 N–H and O–H groups in total. The van der Waals surface area contributed by atoms with E-state index in [9.17, 15) is 4.79 Å². The highest BCUT2D eigenvalue weighted by atomic mass is 35.5. The van der Waals surface area contributed by atoms with Crippen LogP contribution < -0.4 is 9.64 Å². The molecule has 0 unspecified atom stereocenters. The lowest BCUT2D eigenvalue weighted by Crippen LogP contribution is -2.41. The normalized spacial score (nSPS) is 18.0. The van der Waals surface area contributed by atoms with Crippen molar-refractivity contribution in [2.45, 2.75) is 12.2 Å². The van der Waals surface area contributed by atoms with Crippen LogP contribution in [0.5, 0.6) is 5.75 Å². The molecule has 2 heterocycles. The summed E-state index contributed by atoms with van der Waals surface area (Å²) in [5.41, 5.74) is 1.47. The van der Waals surface area contributed by atoms with Crippen LogP contribution >= 0.6 is 11.6 Å². The maximum atomic E-state index is 13.0. The smallest absolute Gasteiger partial charge is 0.292 e. The fourth-order valence-corrected chi connectivity index (χ4v) is 3.42. The summed E-state index contributed by atoms with van der Waals surface area (Å²) >= 11 is 6.11. The molecule has 1 fully saturated rings. The number of ether oxygens (including phenoxy) is 3. The SMILES string of the molecule is O=C1N(CCCOc2ccccc2)c2ccc(Cl)cc2C12OCCO2. The Kier molecular flexibility index (Phi) is 4.37. The van der Waals surface area contributed by atoms with Crippen LogP contribution in [0.2, 0.25) is 5.02 Å². The Morgan fingerprint density at radius 1 is 1.12 bits per heavy atom. The van der Waals surface area contributed by atoms with Crippen LogP contribution in [0.4, 0.5) is 5.69 Å². The minimum Gasteiger partial charge on any atom is -0.494 e. The number of rotatable bonds is 5. The molecule has 2 aliphatic heterocycles. The Hall–Kier alpha value is -2.08. The average molecular weight is 360 g/mol. The Morgan fingerprint density at radius 2 is 1.88 bits per heavy atom. The summed E-state index contributed by atoms with van der Waals surface area (Å²) in [6, 6.07) is 15.0. The zero-order chi connectivity index (χ0) is 17.3. The lowest BCUT2D eigenvalue weighted by molar-refractivity contribution is -0.180. The number of hydrogen-bond donors (Lipinski definition) is 0. The molecule has 2 aromatic rings. The van der Waals surface area contributed by atoms with Gasteiger partial charge in [0.25, 0.3) is 11.7 Å². The van der Waals surface area contributed by atoms with E-state index < -0.39 is 5.79 Å². The number of fused-ring (bicyclic) bond motifs is 2. The van der Waals surface area contributed by atoms with Crippen LogP contribution in [0, 0.1) is 0 Å². The van der Waals surface area contributed by atoms with Crippen molar-refractivity contribution >= 4 is 23.2 Å². The zero-order valence-corrected chi connectivity index (χ0v) is 14.4. The fourth-order valence-electron chi connectivity index (χ4n) is 3.25.